The van der Waals surface area contributed by atoms with Crippen molar-refractivity contribution >= 4 is 5.97 Å². The van der Waals surface area contributed by atoms with Crippen LogP contribution in [0.1, 0.15) is 33.6 Å². The highest BCUT2D eigenvalue weighted by Gasteiger charge is 2.26. The van der Waals surface area contributed by atoms with Crippen LogP contribution in [-0.2, 0) is 14.4 Å². The van der Waals surface area contributed by atoms with Gasteiger partial charge in [-0.1, -0.05) is 0 Å². The molecule has 0 aromatic heterocycles. The summed E-state index contributed by atoms with van der Waals surface area (Å²) in [7, 11) is 3.05. The molecule has 1 fully saturated rings. The summed E-state index contributed by atoms with van der Waals surface area (Å²) in [6, 6.07) is 0. The third-order valence-electron chi connectivity index (χ3n) is 3.61. The minimum Gasteiger partial charge on any atom is -0.569 e. The number of methoxy groups -OCH3 is 1. The van der Waals surface area contributed by atoms with Gasteiger partial charge in [0.1, 0.15) is 6.10 Å². The predicted octanol–water partition coefficient (Wildman–Crippen LogP) is 1.16. The number of piperidine rings is 1. The number of carbonyl (C=O) groups is 1. The van der Waals surface area contributed by atoms with Crippen molar-refractivity contribution in [1.82, 2.24) is 9.91 Å². The third-order valence-corrected chi connectivity index (χ3v) is 3.61. The molecule has 1 rings (SSSR count). The van der Waals surface area contributed by atoms with Gasteiger partial charge in [0.2, 0.25) is 5.28 Å². The highest BCUT2D eigenvalue weighted by Crippen LogP contribution is 2.15. The second-order valence-corrected chi connectivity index (χ2v) is 6.19. The molecule has 8 nitrogen and oxygen atoms in total. The van der Waals surface area contributed by atoms with Crippen LogP contribution in [0.2, 0.25) is 0 Å². The van der Waals surface area contributed by atoms with Gasteiger partial charge in [-0.05, 0) is 33.6 Å². The Morgan fingerprint density at radius 1 is 1.43 bits per heavy atom. The largest absolute Gasteiger partial charge is 0.569 e. The SMILES string of the molecule is COC(=O)CN1CCC(O/N=[N+](/[O-])N(C)C(C)(C)C)CC1. The maximum Gasteiger partial charge on any atom is 0.319 e. The Morgan fingerprint density at radius 2 is 2.00 bits per heavy atom. The summed E-state index contributed by atoms with van der Waals surface area (Å²) in [6.07, 6.45) is 1.37. The van der Waals surface area contributed by atoms with E-state index in [1.54, 1.807) is 7.05 Å². The van der Waals surface area contributed by atoms with Crippen molar-refractivity contribution in [1.29, 1.82) is 0 Å². The molecular formula is C13H26N4O4. The molecule has 122 valence electrons. The van der Waals surface area contributed by atoms with E-state index in [4.69, 9.17) is 4.84 Å². The Labute approximate surface area is 125 Å². The number of likely N-dealkylation sites (tertiary alicyclic amines) is 1. The van der Waals surface area contributed by atoms with Crippen LogP contribution in [-0.4, -0.2) is 66.3 Å². The van der Waals surface area contributed by atoms with Crippen molar-refractivity contribution in [2.45, 2.75) is 45.3 Å². The average Bonchev–Trinajstić information content (AvgIpc) is 2.44. The quantitative estimate of drug-likeness (QED) is 0.328. The number of hydrogen-bond acceptors (Lipinski definition) is 6. The number of esters is 1. The summed E-state index contributed by atoms with van der Waals surface area (Å²) in [4.78, 5) is 18.9. The molecule has 0 aliphatic carbocycles. The van der Waals surface area contributed by atoms with Gasteiger partial charge in [-0.25, -0.2) is 0 Å². The molecule has 1 saturated heterocycles. The molecule has 0 unspecified atom stereocenters. The fraction of sp³-hybridized carbons (Fsp3) is 0.923. The molecule has 1 heterocycles. The molecular weight excluding hydrogens is 276 g/mol. The average molecular weight is 302 g/mol. The second-order valence-electron chi connectivity index (χ2n) is 6.19. The molecule has 1 aliphatic rings. The first kappa shape index (κ1) is 17.5. The van der Waals surface area contributed by atoms with E-state index in [-0.39, 0.29) is 17.6 Å². The van der Waals surface area contributed by atoms with Gasteiger partial charge in [-0.2, -0.15) is 0 Å². The fourth-order valence-electron chi connectivity index (χ4n) is 1.84. The number of hydrogen-bond donors (Lipinski definition) is 0. The van der Waals surface area contributed by atoms with E-state index in [1.807, 2.05) is 25.7 Å². The third kappa shape index (κ3) is 5.74. The van der Waals surface area contributed by atoms with Gasteiger partial charge in [0.05, 0.1) is 31.2 Å². The Bertz CT molecular complexity index is 373. The van der Waals surface area contributed by atoms with Crippen LogP contribution in [0, 0.1) is 5.21 Å². The molecule has 0 amide bonds. The maximum absolute atomic E-state index is 11.8. The highest BCUT2D eigenvalue weighted by molar-refractivity contribution is 5.71. The van der Waals surface area contributed by atoms with Gasteiger partial charge >= 0.3 is 5.97 Å². The van der Waals surface area contributed by atoms with Gasteiger partial charge in [0.25, 0.3) is 0 Å². The molecule has 0 spiro atoms. The standard InChI is InChI=1S/C13H26N4O4/c1-13(2,3)15(4)17(19)14-21-11-6-8-16(9-7-11)10-12(18)20-5/h11H,6-10H2,1-5H3/b17-14+. The zero-order chi connectivity index (χ0) is 16.0. The summed E-state index contributed by atoms with van der Waals surface area (Å²) in [5, 5.41) is 16.8. The Kier molecular flexibility index (Phi) is 6.19. The molecule has 0 aromatic carbocycles. The lowest BCUT2D eigenvalue weighted by Crippen LogP contribution is -2.43. The van der Waals surface area contributed by atoms with Crippen LogP contribution >= 0.6 is 0 Å². The second kappa shape index (κ2) is 7.44. The molecule has 0 saturated carbocycles. The zero-order valence-electron chi connectivity index (χ0n) is 13.5. The molecule has 0 radical (unpaired) electrons. The Balaban J connectivity index is 2.37. The lowest BCUT2D eigenvalue weighted by molar-refractivity contribution is -0.720. The van der Waals surface area contributed by atoms with Crippen molar-refractivity contribution in [3.05, 3.63) is 5.21 Å². The molecule has 0 N–H and O–H groups in total. The van der Waals surface area contributed by atoms with Crippen LogP contribution in [0.25, 0.3) is 0 Å². The van der Waals surface area contributed by atoms with Crippen LogP contribution < -0.4 is 0 Å². The molecule has 0 bridgehead atoms. The van der Waals surface area contributed by atoms with E-state index < -0.39 is 0 Å². The van der Waals surface area contributed by atoms with Gasteiger partial charge < -0.3 is 14.8 Å². The first-order valence-electron chi connectivity index (χ1n) is 7.11. The predicted molar refractivity (Wildman–Crippen MR) is 76.1 cm³/mol. The molecule has 8 heteroatoms. The Hall–Kier alpha value is -1.57. The van der Waals surface area contributed by atoms with Crippen LogP contribution in [0.15, 0.2) is 5.28 Å². The summed E-state index contributed by atoms with van der Waals surface area (Å²) in [5.74, 6) is -0.239. The number of rotatable bonds is 5. The van der Waals surface area contributed by atoms with Crippen LogP contribution in [0.5, 0.6) is 0 Å². The minimum atomic E-state index is -0.321. The van der Waals surface area contributed by atoms with Crippen molar-refractivity contribution < 1.29 is 19.3 Å². The molecule has 1 aliphatic heterocycles. The summed E-state index contributed by atoms with van der Waals surface area (Å²) >= 11 is 0. The summed E-state index contributed by atoms with van der Waals surface area (Å²) < 4.78 is 4.63. The van der Waals surface area contributed by atoms with E-state index in [0.29, 0.717) is 11.5 Å². The van der Waals surface area contributed by atoms with Gasteiger partial charge in [0, 0.05) is 13.1 Å². The number of hydrazine groups is 1. The van der Waals surface area contributed by atoms with E-state index >= 15 is 0 Å². The molecule has 0 atom stereocenters. The fourth-order valence-corrected chi connectivity index (χ4v) is 1.84. The first-order valence-corrected chi connectivity index (χ1v) is 7.11. The molecule has 21 heavy (non-hydrogen) atoms. The van der Waals surface area contributed by atoms with E-state index in [2.05, 4.69) is 10.0 Å². The van der Waals surface area contributed by atoms with Gasteiger partial charge in [0.15, 0.2) is 0 Å². The smallest absolute Gasteiger partial charge is 0.319 e. The van der Waals surface area contributed by atoms with Crippen LogP contribution in [0.3, 0.4) is 0 Å². The van der Waals surface area contributed by atoms with Gasteiger partial charge in [-0.15, -0.1) is 5.01 Å². The topological polar surface area (TPSA) is 80.4 Å². The first-order chi connectivity index (χ1) is 9.74. The summed E-state index contributed by atoms with van der Waals surface area (Å²) in [5.41, 5.74) is -0.321. The maximum atomic E-state index is 11.8. The van der Waals surface area contributed by atoms with Crippen LogP contribution in [0.4, 0.5) is 0 Å². The minimum absolute atomic E-state index is 0.0938. The molecule has 0 aromatic rings. The van der Waals surface area contributed by atoms with E-state index in [1.165, 1.54) is 12.1 Å². The normalized spacial score (nSPS) is 18.4. The van der Waals surface area contributed by atoms with Crippen molar-refractivity contribution in [2.75, 3.05) is 33.8 Å². The zero-order valence-corrected chi connectivity index (χ0v) is 13.5. The van der Waals surface area contributed by atoms with E-state index in [0.717, 1.165) is 25.9 Å². The van der Waals surface area contributed by atoms with Crippen molar-refractivity contribution in [2.24, 2.45) is 5.28 Å². The lowest BCUT2D eigenvalue weighted by Gasteiger charge is -2.29. The lowest BCUT2D eigenvalue weighted by atomic mass is 10.1. The van der Waals surface area contributed by atoms with Gasteiger partial charge in [-0.3, -0.25) is 9.69 Å². The van der Waals surface area contributed by atoms with Crippen molar-refractivity contribution in [3.8, 4) is 0 Å². The van der Waals surface area contributed by atoms with Crippen molar-refractivity contribution in [3.63, 3.8) is 0 Å². The Morgan fingerprint density at radius 3 is 2.48 bits per heavy atom. The number of ether oxygens (including phenoxy) is 1. The van der Waals surface area contributed by atoms with E-state index in [9.17, 15) is 10.0 Å². The number of nitrogens with zero attached hydrogens (tertiary/aromatic N) is 4. The highest BCUT2D eigenvalue weighted by atomic mass is 16.7. The summed E-state index contributed by atoms with van der Waals surface area (Å²) in [6.45, 7) is 7.49. The monoisotopic (exact) mass is 302 g/mol. The number of carbonyl (C=O) groups excluding carboxylic acids is 1.